The minimum absolute atomic E-state index is 0.0180. The zero-order valence-electron chi connectivity index (χ0n) is 19.9. The summed E-state index contributed by atoms with van der Waals surface area (Å²) in [5.74, 6) is 2.00. The Balaban J connectivity index is 1.32. The second-order valence-electron chi connectivity index (χ2n) is 8.94. The summed E-state index contributed by atoms with van der Waals surface area (Å²) in [7, 11) is 0. The molecule has 6 nitrogen and oxygen atoms in total. The van der Waals surface area contributed by atoms with Crippen LogP contribution in [0.2, 0.25) is 0 Å². The van der Waals surface area contributed by atoms with Crippen LogP contribution in [0.25, 0.3) is 11.3 Å². The molecule has 33 heavy (non-hydrogen) atoms. The summed E-state index contributed by atoms with van der Waals surface area (Å²) < 4.78 is 5.87. The molecule has 0 atom stereocenters. The Bertz CT molecular complexity index is 1100. The number of para-hydroxylation sites is 1. The lowest BCUT2D eigenvalue weighted by Gasteiger charge is -2.35. The first-order valence-electron chi connectivity index (χ1n) is 11.6. The Morgan fingerprint density at radius 3 is 2.39 bits per heavy atom. The van der Waals surface area contributed by atoms with E-state index in [4.69, 9.17) is 4.74 Å². The second kappa shape index (κ2) is 10.0. The van der Waals surface area contributed by atoms with Crippen molar-refractivity contribution in [2.75, 3.05) is 37.7 Å². The van der Waals surface area contributed by atoms with Crippen LogP contribution in [0.4, 0.5) is 5.82 Å². The van der Waals surface area contributed by atoms with Crippen LogP contribution in [0.1, 0.15) is 36.5 Å². The van der Waals surface area contributed by atoms with Gasteiger partial charge in [-0.3, -0.25) is 4.79 Å². The third kappa shape index (κ3) is 5.33. The van der Waals surface area contributed by atoms with E-state index in [1.165, 1.54) is 11.1 Å². The van der Waals surface area contributed by atoms with Gasteiger partial charge in [-0.15, -0.1) is 10.2 Å². The van der Waals surface area contributed by atoms with Crippen molar-refractivity contribution in [3.8, 4) is 17.0 Å². The molecule has 2 aromatic carbocycles. The summed E-state index contributed by atoms with van der Waals surface area (Å²) in [6.07, 6.45) is 0. The van der Waals surface area contributed by atoms with Gasteiger partial charge in [-0.2, -0.15) is 0 Å². The summed E-state index contributed by atoms with van der Waals surface area (Å²) in [4.78, 5) is 16.8. The first-order chi connectivity index (χ1) is 15.9. The van der Waals surface area contributed by atoms with Crippen LogP contribution in [0.5, 0.6) is 5.75 Å². The molecule has 1 aliphatic heterocycles. The van der Waals surface area contributed by atoms with E-state index >= 15 is 0 Å². The lowest BCUT2D eigenvalue weighted by Crippen LogP contribution is -2.50. The molecule has 6 heteroatoms. The maximum absolute atomic E-state index is 12.7. The van der Waals surface area contributed by atoms with Crippen molar-refractivity contribution >= 4 is 11.7 Å². The molecule has 4 rings (SSSR count). The highest BCUT2D eigenvalue weighted by atomic mass is 16.5. The van der Waals surface area contributed by atoms with Crippen molar-refractivity contribution in [1.82, 2.24) is 15.1 Å². The fourth-order valence-corrected chi connectivity index (χ4v) is 4.24. The number of carbonyl (C=O) groups is 1. The smallest absolute Gasteiger partial charge is 0.260 e. The van der Waals surface area contributed by atoms with E-state index in [9.17, 15) is 4.79 Å². The van der Waals surface area contributed by atoms with Crippen LogP contribution >= 0.6 is 0 Å². The molecule has 0 bridgehead atoms. The van der Waals surface area contributed by atoms with Gasteiger partial charge in [-0.05, 0) is 49.1 Å². The molecular weight excluding hydrogens is 412 g/mol. The summed E-state index contributed by atoms with van der Waals surface area (Å²) in [6, 6.07) is 18.3. The molecule has 0 spiro atoms. The second-order valence-corrected chi connectivity index (χ2v) is 8.94. The highest BCUT2D eigenvalue weighted by molar-refractivity contribution is 5.78. The average Bonchev–Trinajstić information content (AvgIpc) is 2.83. The first-order valence-corrected chi connectivity index (χ1v) is 11.6. The Morgan fingerprint density at radius 2 is 1.73 bits per heavy atom. The van der Waals surface area contributed by atoms with E-state index in [-0.39, 0.29) is 12.5 Å². The van der Waals surface area contributed by atoms with Crippen LogP contribution in [0, 0.1) is 13.8 Å². The van der Waals surface area contributed by atoms with Crippen molar-refractivity contribution in [2.24, 2.45) is 0 Å². The molecule has 172 valence electrons. The molecule has 1 amide bonds. The third-order valence-electron chi connectivity index (χ3n) is 6.16. The van der Waals surface area contributed by atoms with Gasteiger partial charge in [-0.25, -0.2) is 0 Å². The maximum atomic E-state index is 12.7. The van der Waals surface area contributed by atoms with E-state index in [0.29, 0.717) is 19.0 Å². The summed E-state index contributed by atoms with van der Waals surface area (Å²) >= 11 is 0. The predicted octanol–water partition coefficient (Wildman–Crippen LogP) is 4.61. The number of anilines is 1. The number of rotatable bonds is 6. The Morgan fingerprint density at radius 1 is 0.970 bits per heavy atom. The molecule has 3 aromatic rings. The van der Waals surface area contributed by atoms with Gasteiger partial charge in [-0.1, -0.05) is 55.8 Å². The van der Waals surface area contributed by atoms with Crippen LogP contribution in [0.3, 0.4) is 0 Å². The SMILES string of the molecule is Cc1ccc(-c2ccc(N3CCN(C(=O)COc4ccccc4C(C)C)CC3)nn2)c(C)c1. The van der Waals surface area contributed by atoms with Crippen molar-refractivity contribution < 1.29 is 9.53 Å². The summed E-state index contributed by atoms with van der Waals surface area (Å²) in [5, 5.41) is 8.92. The van der Waals surface area contributed by atoms with Crippen LogP contribution in [0.15, 0.2) is 54.6 Å². The van der Waals surface area contributed by atoms with Gasteiger partial charge in [0.25, 0.3) is 5.91 Å². The largest absolute Gasteiger partial charge is 0.483 e. The number of piperazine rings is 1. The normalized spacial score (nSPS) is 14.0. The van der Waals surface area contributed by atoms with E-state index in [1.54, 1.807) is 0 Å². The van der Waals surface area contributed by atoms with Crippen LogP contribution in [-0.4, -0.2) is 53.8 Å². The quantitative estimate of drug-likeness (QED) is 0.556. The Kier molecular flexibility index (Phi) is 6.92. The van der Waals surface area contributed by atoms with Crippen LogP contribution < -0.4 is 9.64 Å². The molecule has 0 radical (unpaired) electrons. The summed E-state index contributed by atoms with van der Waals surface area (Å²) in [6.45, 7) is 11.3. The molecule has 0 N–H and O–H groups in total. The molecule has 0 aliphatic carbocycles. The van der Waals surface area contributed by atoms with Gasteiger partial charge in [0.15, 0.2) is 12.4 Å². The monoisotopic (exact) mass is 444 g/mol. The predicted molar refractivity (Wildman–Crippen MR) is 132 cm³/mol. The molecule has 1 aliphatic rings. The van der Waals surface area contributed by atoms with Gasteiger partial charge in [0.05, 0.1) is 5.69 Å². The lowest BCUT2D eigenvalue weighted by molar-refractivity contribution is -0.133. The van der Waals surface area contributed by atoms with Crippen molar-refractivity contribution in [1.29, 1.82) is 0 Å². The zero-order chi connectivity index (χ0) is 23.4. The highest BCUT2D eigenvalue weighted by Crippen LogP contribution is 2.26. The van der Waals surface area contributed by atoms with Gasteiger partial charge in [0.1, 0.15) is 5.75 Å². The topological polar surface area (TPSA) is 58.6 Å². The molecule has 1 fully saturated rings. The van der Waals surface area contributed by atoms with E-state index in [2.05, 4.69) is 67.1 Å². The van der Waals surface area contributed by atoms with Gasteiger partial charge < -0.3 is 14.5 Å². The minimum atomic E-state index is 0.0180. The molecule has 0 saturated carbocycles. The van der Waals surface area contributed by atoms with Gasteiger partial charge in [0, 0.05) is 31.7 Å². The fraction of sp³-hybridized carbons (Fsp3) is 0.370. The number of aromatic nitrogens is 2. The summed E-state index contributed by atoms with van der Waals surface area (Å²) in [5.41, 5.74) is 5.54. The van der Waals surface area contributed by atoms with Gasteiger partial charge >= 0.3 is 0 Å². The number of ether oxygens (including phenoxy) is 1. The molecule has 0 unspecified atom stereocenters. The van der Waals surface area contributed by atoms with Crippen molar-refractivity contribution in [2.45, 2.75) is 33.6 Å². The third-order valence-corrected chi connectivity index (χ3v) is 6.16. The van der Waals surface area contributed by atoms with E-state index in [1.807, 2.05) is 35.2 Å². The minimum Gasteiger partial charge on any atom is -0.483 e. The maximum Gasteiger partial charge on any atom is 0.260 e. The molecular formula is C27H32N4O2. The van der Waals surface area contributed by atoms with E-state index in [0.717, 1.165) is 41.5 Å². The number of aryl methyl sites for hydroxylation is 2. The number of hydrogen-bond acceptors (Lipinski definition) is 5. The Hall–Kier alpha value is -3.41. The average molecular weight is 445 g/mol. The molecule has 1 aromatic heterocycles. The number of benzene rings is 2. The van der Waals surface area contributed by atoms with Crippen molar-refractivity contribution in [3.63, 3.8) is 0 Å². The highest BCUT2D eigenvalue weighted by Gasteiger charge is 2.23. The van der Waals surface area contributed by atoms with E-state index < -0.39 is 0 Å². The zero-order valence-corrected chi connectivity index (χ0v) is 19.9. The molecule has 2 heterocycles. The molecule has 1 saturated heterocycles. The lowest BCUT2D eigenvalue weighted by atomic mass is 10.0. The van der Waals surface area contributed by atoms with Crippen molar-refractivity contribution in [3.05, 3.63) is 71.3 Å². The first kappa shape index (κ1) is 22.8. The number of hydrogen-bond donors (Lipinski definition) is 0. The standard InChI is InChI=1S/C27H32N4O2/c1-19(2)22-7-5-6-8-25(22)33-18-27(32)31-15-13-30(14-16-31)26-12-11-24(28-29-26)23-10-9-20(3)17-21(23)4/h5-12,17,19H,13-16,18H2,1-4H3. The number of amides is 1. The Labute approximate surface area is 196 Å². The fourth-order valence-electron chi connectivity index (χ4n) is 4.24. The van der Waals surface area contributed by atoms with Gasteiger partial charge in [0.2, 0.25) is 0 Å². The number of nitrogens with zero attached hydrogens (tertiary/aromatic N) is 4. The van der Waals surface area contributed by atoms with Crippen LogP contribution in [-0.2, 0) is 4.79 Å². The number of carbonyl (C=O) groups excluding carboxylic acids is 1.